The molecule has 0 N–H and O–H groups in total. The summed E-state index contributed by atoms with van der Waals surface area (Å²) < 4.78 is 10.6. The van der Waals surface area contributed by atoms with Gasteiger partial charge in [0, 0.05) is 40.0 Å². The van der Waals surface area contributed by atoms with Crippen molar-refractivity contribution in [3.63, 3.8) is 0 Å². The molecule has 6 heteroatoms. The minimum Gasteiger partial charge on any atom is -0.493 e. The normalized spacial score (nSPS) is 10.3. The van der Waals surface area contributed by atoms with Crippen LogP contribution in [0.4, 0.5) is 0 Å². The van der Waals surface area contributed by atoms with E-state index in [4.69, 9.17) is 9.47 Å². The van der Waals surface area contributed by atoms with E-state index in [0.717, 1.165) is 11.1 Å². The molecule has 2 rings (SSSR count). The summed E-state index contributed by atoms with van der Waals surface area (Å²) in [5.74, 6) is 1.18. The van der Waals surface area contributed by atoms with Crippen molar-refractivity contribution in [1.82, 2.24) is 9.80 Å². The maximum Gasteiger partial charge on any atom is 0.224 e. The van der Waals surface area contributed by atoms with Crippen molar-refractivity contribution in [2.45, 2.75) is 26.4 Å². The van der Waals surface area contributed by atoms with Crippen molar-refractivity contribution in [2.24, 2.45) is 0 Å². The van der Waals surface area contributed by atoms with Crippen LogP contribution in [-0.2, 0) is 22.7 Å². The Bertz CT molecular complexity index is 792. The van der Waals surface area contributed by atoms with Gasteiger partial charge < -0.3 is 19.3 Å². The van der Waals surface area contributed by atoms with E-state index >= 15 is 0 Å². The smallest absolute Gasteiger partial charge is 0.224 e. The van der Waals surface area contributed by atoms with Gasteiger partial charge in [-0.1, -0.05) is 36.4 Å². The van der Waals surface area contributed by atoms with Crippen molar-refractivity contribution in [1.29, 1.82) is 0 Å². The first-order valence-electron chi connectivity index (χ1n) is 9.19. The van der Waals surface area contributed by atoms with E-state index in [1.165, 1.54) is 6.92 Å². The molecule has 2 amide bonds. The average Bonchev–Trinajstić information content (AvgIpc) is 2.71. The monoisotopic (exact) mass is 384 g/mol. The number of rotatable bonds is 9. The van der Waals surface area contributed by atoms with Gasteiger partial charge in [0.05, 0.1) is 14.2 Å². The molecule has 6 nitrogen and oxygen atoms in total. The summed E-state index contributed by atoms with van der Waals surface area (Å²) in [4.78, 5) is 27.9. The molecule has 0 fully saturated rings. The van der Waals surface area contributed by atoms with E-state index in [9.17, 15) is 9.59 Å². The van der Waals surface area contributed by atoms with Gasteiger partial charge in [0.1, 0.15) is 0 Å². The second-order valence-corrected chi connectivity index (χ2v) is 6.62. The SMILES string of the molecule is COc1ccc(CN(CCC(=O)N(C)Cc2ccccc2)C(C)=O)cc1OC. The summed E-state index contributed by atoms with van der Waals surface area (Å²) in [5, 5.41) is 0. The number of methoxy groups -OCH3 is 2. The van der Waals surface area contributed by atoms with Crippen molar-refractivity contribution < 1.29 is 19.1 Å². The van der Waals surface area contributed by atoms with Gasteiger partial charge in [0.25, 0.3) is 0 Å². The summed E-state index contributed by atoms with van der Waals surface area (Å²) >= 11 is 0. The Kier molecular flexibility index (Phi) is 7.87. The van der Waals surface area contributed by atoms with Gasteiger partial charge in [-0.3, -0.25) is 9.59 Å². The molecule has 28 heavy (non-hydrogen) atoms. The largest absolute Gasteiger partial charge is 0.493 e. The van der Waals surface area contributed by atoms with Gasteiger partial charge in [-0.15, -0.1) is 0 Å². The quantitative estimate of drug-likeness (QED) is 0.667. The third-order valence-electron chi connectivity index (χ3n) is 4.55. The van der Waals surface area contributed by atoms with Crippen LogP contribution >= 0.6 is 0 Å². The van der Waals surface area contributed by atoms with Crippen LogP contribution < -0.4 is 9.47 Å². The Morgan fingerprint density at radius 1 is 0.893 bits per heavy atom. The minimum atomic E-state index is -0.0757. The lowest BCUT2D eigenvalue weighted by Crippen LogP contribution is -2.34. The molecule has 0 aliphatic rings. The molecule has 0 saturated carbocycles. The van der Waals surface area contributed by atoms with E-state index in [-0.39, 0.29) is 18.2 Å². The molecule has 150 valence electrons. The second-order valence-electron chi connectivity index (χ2n) is 6.62. The Morgan fingerprint density at radius 3 is 2.18 bits per heavy atom. The van der Waals surface area contributed by atoms with Crippen LogP contribution in [0.2, 0.25) is 0 Å². The molecular formula is C22H28N2O4. The number of ether oxygens (including phenoxy) is 2. The zero-order valence-corrected chi connectivity index (χ0v) is 17.0. The van der Waals surface area contributed by atoms with Crippen LogP contribution in [-0.4, -0.2) is 49.4 Å². The first-order valence-corrected chi connectivity index (χ1v) is 9.19. The highest BCUT2D eigenvalue weighted by Crippen LogP contribution is 2.28. The number of hydrogen-bond acceptors (Lipinski definition) is 4. The van der Waals surface area contributed by atoms with Crippen LogP contribution in [0.3, 0.4) is 0 Å². The average molecular weight is 384 g/mol. The van der Waals surface area contributed by atoms with Crippen LogP contribution in [0.15, 0.2) is 48.5 Å². The van der Waals surface area contributed by atoms with E-state index in [1.54, 1.807) is 31.1 Å². The van der Waals surface area contributed by atoms with E-state index < -0.39 is 0 Å². The first kappa shape index (κ1) is 21.3. The highest BCUT2D eigenvalue weighted by molar-refractivity contribution is 5.78. The Hall–Kier alpha value is -3.02. The topological polar surface area (TPSA) is 59.1 Å². The third kappa shape index (κ3) is 6.01. The van der Waals surface area contributed by atoms with Crippen LogP contribution in [0.25, 0.3) is 0 Å². The Labute approximate surface area is 166 Å². The van der Waals surface area contributed by atoms with Gasteiger partial charge in [-0.2, -0.15) is 0 Å². The first-order chi connectivity index (χ1) is 13.4. The zero-order chi connectivity index (χ0) is 20.5. The molecule has 2 aromatic rings. The highest BCUT2D eigenvalue weighted by Gasteiger charge is 2.15. The predicted molar refractivity (Wildman–Crippen MR) is 108 cm³/mol. The van der Waals surface area contributed by atoms with Gasteiger partial charge >= 0.3 is 0 Å². The Balaban J connectivity index is 1.95. The standard InChI is InChI=1S/C22H28N2O4/c1-17(25)24(16-19-10-11-20(27-3)21(14-19)28-4)13-12-22(26)23(2)15-18-8-6-5-7-9-18/h5-11,14H,12-13,15-16H2,1-4H3. The number of carbonyl (C=O) groups is 2. The van der Waals surface area contributed by atoms with Crippen LogP contribution in [0.1, 0.15) is 24.5 Å². The van der Waals surface area contributed by atoms with E-state index in [2.05, 4.69) is 0 Å². The van der Waals surface area contributed by atoms with Crippen molar-refractivity contribution in [3.05, 3.63) is 59.7 Å². The van der Waals surface area contributed by atoms with Gasteiger partial charge in [-0.25, -0.2) is 0 Å². The summed E-state index contributed by atoms with van der Waals surface area (Å²) in [6.07, 6.45) is 0.274. The second kappa shape index (κ2) is 10.3. The van der Waals surface area contributed by atoms with Crippen molar-refractivity contribution in [3.8, 4) is 11.5 Å². The molecule has 0 radical (unpaired) electrons. The molecule has 0 unspecified atom stereocenters. The molecule has 0 saturated heterocycles. The molecular weight excluding hydrogens is 356 g/mol. The third-order valence-corrected chi connectivity index (χ3v) is 4.55. The number of nitrogens with zero attached hydrogens (tertiary/aromatic N) is 2. The van der Waals surface area contributed by atoms with Gasteiger partial charge in [0.2, 0.25) is 11.8 Å². The maximum absolute atomic E-state index is 12.5. The summed E-state index contributed by atoms with van der Waals surface area (Å²) in [7, 11) is 4.93. The van der Waals surface area contributed by atoms with Crippen molar-refractivity contribution in [2.75, 3.05) is 27.8 Å². The number of benzene rings is 2. The van der Waals surface area contributed by atoms with Crippen molar-refractivity contribution >= 4 is 11.8 Å². The lowest BCUT2D eigenvalue weighted by molar-refractivity contribution is -0.133. The van der Waals surface area contributed by atoms with E-state index in [0.29, 0.717) is 31.1 Å². The molecule has 0 aliphatic carbocycles. The molecule has 0 atom stereocenters. The van der Waals surface area contributed by atoms with Crippen LogP contribution in [0.5, 0.6) is 11.5 Å². The molecule has 0 spiro atoms. The van der Waals surface area contributed by atoms with Crippen LogP contribution in [0, 0.1) is 0 Å². The predicted octanol–water partition coefficient (Wildman–Crippen LogP) is 3.10. The lowest BCUT2D eigenvalue weighted by atomic mass is 10.1. The summed E-state index contributed by atoms with van der Waals surface area (Å²) in [6.45, 7) is 2.83. The molecule has 0 bridgehead atoms. The highest BCUT2D eigenvalue weighted by atomic mass is 16.5. The number of amides is 2. The summed E-state index contributed by atoms with van der Waals surface area (Å²) in [6, 6.07) is 15.4. The van der Waals surface area contributed by atoms with Gasteiger partial charge in [-0.05, 0) is 23.3 Å². The minimum absolute atomic E-state index is 0.00224. The molecule has 0 heterocycles. The fourth-order valence-corrected chi connectivity index (χ4v) is 2.91. The fourth-order valence-electron chi connectivity index (χ4n) is 2.91. The molecule has 0 aromatic heterocycles. The molecule has 0 aliphatic heterocycles. The number of hydrogen-bond donors (Lipinski definition) is 0. The molecule has 2 aromatic carbocycles. The van der Waals surface area contributed by atoms with Gasteiger partial charge in [0.15, 0.2) is 11.5 Å². The summed E-state index contributed by atoms with van der Waals surface area (Å²) in [5.41, 5.74) is 1.99. The van der Waals surface area contributed by atoms with E-state index in [1.807, 2.05) is 48.5 Å². The lowest BCUT2D eigenvalue weighted by Gasteiger charge is -2.23. The zero-order valence-electron chi connectivity index (χ0n) is 17.0. The maximum atomic E-state index is 12.5. The fraction of sp³-hybridized carbons (Fsp3) is 0.364. The number of carbonyl (C=O) groups excluding carboxylic acids is 2. The Morgan fingerprint density at radius 2 is 1.57 bits per heavy atom.